The van der Waals surface area contributed by atoms with Crippen molar-refractivity contribution in [2.75, 3.05) is 49.5 Å². The van der Waals surface area contributed by atoms with E-state index in [4.69, 9.17) is 21.1 Å². The number of ether oxygens (including phenoxy) is 2. The van der Waals surface area contributed by atoms with Crippen molar-refractivity contribution in [1.29, 1.82) is 0 Å². The molecule has 0 unspecified atom stereocenters. The molecule has 0 bridgehead atoms. The number of nitrogens with zero attached hydrogens (tertiary/aromatic N) is 2. The molecule has 0 atom stereocenters. The lowest BCUT2D eigenvalue weighted by Crippen LogP contribution is -2.46. The van der Waals surface area contributed by atoms with Gasteiger partial charge in [0, 0.05) is 61.7 Å². The minimum Gasteiger partial charge on any atom is -0.497 e. The number of para-hydroxylation sites is 1. The Hall–Kier alpha value is -5.55. The van der Waals surface area contributed by atoms with E-state index in [1.165, 1.54) is 17.2 Å². The summed E-state index contributed by atoms with van der Waals surface area (Å²) in [5.74, 6) is 0.00844. The molecular weight excluding hydrogens is 720 g/mol. The zero-order valence-electron chi connectivity index (χ0n) is 29.9. The highest BCUT2D eigenvalue weighted by molar-refractivity contribution is 7.90. The van der Waals surface area contributed by atoms with Gasteiger partial charge in [-0.3, -0.25) is 9.69 Å². The van der Waals surface area contributed by atoms with Crippen LogP contribution in [0.15, 0.2) is 144 Å². The highest BCUT2D eigenvalue weighted by atomic mass is 35.5. The van der Waals surface area contributed by atoms with E-state index < -0.39 is 15.9 Å². The maximum atomic E-state index is 13.7. The molecule has 5 aromatic carbocycles. The fraction of sp³-hybridized carbons (Fsp3) is 0.186. The normalized spacial score (nSPS) is 14.6. The van der Waals surface area contributed by atoms with E-state index in [0.717, 1.165) is 60.8 Å². The molecule has 11 heteroatoms. The third kappa shape index (κ3) is 8.97. The molecule has 0 radical (unpaired) electrons. The number of benzene rings is 5. The Morgan fingerprint density at radius 1 is 0.870 bits per heavy atom. The first kappa shape index (κ1) is 36.8. The van der Waals surface area contributed by atoms with Crippen molar-refractivity contribution in [3.05, 3.63) is 161 Å². The van der Waals surface area contributed by atoms with E-state index in [1.54, 1.807) is 36.6 Å². The van der Waals surface area contributed by atoms with Crippen LogP contribution in [0.2, 0.25) is 5.02 Å². The molecule has 2 aliphatic rings. The number of aryl methyl sites for hydroxylation is 1. The largest absolute Gasteiger partial charge is 0.497 e. The number of halogens is 1. The van der Waals surface area contributed by atoms with Gasteiger partial charge in [-0.05, 0) is 101 Å². The second-order valence-electron chi connectivity index (χ2n) is 13.2. The van der Waals surface area contributed by atoms with Crippen LogP contribution >= 0.6 is 11.6 Å². The van der Waals surface area contributed by atoms with Gasteiger partial charge in [0.1, 0.15) is 18.1 Å². The van der Waals surface area contributed by atoms with Gasteiger partial charge in [-0.1, -0.05) is 66.2 Å². The minimum atomic E-state index is -4.20. The maximum Gasteiger partial charge on any atom is 0.268 e. The first-order valence-corrected chi connectivity index (χ1v) is 19.6. The van der Waals surface area contributed by atoms with Crippen LogP contribution < -0.4 is 19.7 Å². The molecule has 2 heterocycles. The van der Waals surface area contributed by atoms with Gasteiger partial charge < -0.3 is 19.7 Å². The second-order valence-corrected chi connectivity index (χ2v) is 15.3. The van der Waals surface area contributed by atoms with Crippen LogP contribution in [-0.2, 0) is 21.3 Å². The highest BCUT2D eigenvalue weighted by Crippen LogP contribution is 2.32. The molecule has 1 amide bonds. The lowest BCUT2D eigenvalue weighted by molar-refractivity contribution is 0.0979. The number of carbonyl (C=O) groups excluding carboxylic acids is 1. The molecular formula is C43H41ClN4O5S. The Morgan fingerprint density at radius 2 is 1.63 bits per heavy atom. The Morgan fingerprint density at radius 3 is 2.37 bits per heavy atom. The van der Waals surface area contributed by atoms with Gasteiger partial charge >= 0.3 is 0 Å². The van der Waals surface area contributed by atoms with Crippen molar-refractivity contribution in [1.82, 2.24) is 9.62 Å². The average Bonchev–Trinajstić information content (AvgIpc) is 3.19. The number of anilines is 2. The third-order valence-corrected chi connectivity index (χ3v) is 11.1. The third-order valence-electron chi connectivity index (χ3n) is 9.52. The standard InChI is InChI=1S/C43H41ClN4O5S/c1-31-27-38(16-18-41(31)45-29-32-19-25-52-26-20-32)54(50,51)46-43(49)40-17-15-36(28-42(40)53-37-8-3-2-4-9-37)48-23-21-47(22-24-48)30-34-7-5-6-10-39(34)33-11-13-35(44)14-12-33/h2-20,25,27-28,45H,21-24,26,29-30H2,1H3,(H,46,49). The average molecular weight is 761 g/mol. The molecule has 7 rings (SSSR count). The molecule has 2 N–H and O–H groups in total. The fourth-order valence-corrected chi connectivity index (χ4v) is 7.73. The molecule has 1 saturated heterocycles. The van der Waals surface area contributed by atoms with Crippen LogP contribution in [0.5, 0.6) is 11.5 Å². The van der Waals surface area contributed by atoms with E-state index in [2.05, 4.69) is 56.2 Å². The van der Waals surface area contributed by atoms with E-state index in [0.29, 0.717) is 23.9 Å². The molecule has 5 aromatic rings. The number of nitrogens with one attached hydrogen (secondary N) is 2. The van der Waals surface area contributed by atoms with Crippen LogP contribution in [-0.4, -0.2) is 58.6 Å². The molecule has 0 aliphatic carbocycles. The van der Waals surface area contributed by atoms with Gasteiger partial charge in [-0.25, -0.2) is 13.1 Å². The number of piperazine rings is 1. The van der Waals surface area contributed by atoms with Crippen LogP contribution in [0, 0.1) is 6.92 Å². The van der Waals surface area contributed by atoms with Crippen molar-refractivity contribution < 1.29 is 22.7 Å². The zero-order chi connectivity index (χ0) is 37.5. The van der Waals surface area contributed by atoms with Gasteiger partial charge in [0.2, 0.25) is 0 Å². The molecule has 276 valence electrons. The summed E-state index contributed by atoms with van der Waals surface area (Å²) in [6.07, 6.45) is 5.51. The maximum absolute atomic E-state index is 13.7. The van der Waals surface area contributed by atoms with Crippen LogP contribution in [0.1, 0.15) is 21.5 Å². The number of hydrogen-bond donors (Lipinski definition) is 2. The lowest BCUT2D eigenvalue weighted by Gasteiger charge is -2.36. The van der Waals surface area contributed by atoms with Crippen molar-refractivity contribution in [2.45, 2.75) is 18.4 Å². The summed E-state index contributed by atoms with van der Waals surface area (Å²) < 4.78 is 40.7. The molecule has 0 spiro atoms. The van der Waals surface area contributed by atoms with E-state index in [1.807, 2.05) is 61.5 Å². The molecule has 0 saturated carbocycles. The van der Waals surface area contributed by atoms with Gasteiger partial charge in [0.25, 0.3) is 15.9 Å². The summed E-state index contributed by atoms with van der Waals surface area (Å²) in [6.45, 7) is 6.92. The molecule has 9 nitrogen and oxygen atoms in total. The van der Waals surface area contributed by atoms with Crippen LogP contribution in [0.3, 0.4) is 0 Å². The van der Waals surface area contributed by atoms with Crippen molar-refractivity contribution in [3.63, 3.8) is 0 Å². The Labute approximate surface area is 321 Å². The first-order valence-electron chi connectivity index (χ1n) is 17.8. The monoisotopic (exact) mass is 760 g/mol. The predicted molar refractivity (Wildman–Crippen MR) is 215 cm³/mol. The topological polar surface area (TPSA) is 100 Å². The summed E-state index contributed by atoms with van der Waals surface area (Å²) in [5.41, 5.74) is 7.15. The van der Waals surface area contributed by atoms with Crippen molar-refractivity contribution in [2.24, 2.45) is 0 Å². The fourth-order valence-electron chi connectivity index (χ4n) is 6.55. The van der Waals surface area contributed by atoms with Crippen LogP contribution in [0.4, 0.5) is 11.4 Å². The van der Waals surface area contributed by atoms with Crippen molar-refractivity contribution >= 4 is 38.9 Å². The summed E-state index contributed by atoms with van der Waals surface area (Å²) in [4.78, 5) is 18.4. The number of rotatable bonds is 12. The summed E-state index contributed by atoms with van der Waals surface area (Å²) in [6, 6.07) is 35.5. The van der Waals surface area contributed by atoms with Gasteiger partial charge in [0.05, 0.1) is 16.7 Å². The quantitative estimate of drug-likeness (QED) is 0.131. The second kappa shape index (κ2) is 16.6. The highest BCUT2D eigenvalue weighted by Gasteiger charge is 2.25. The SMILES string of the molecule is Cc1cc(S(=O)(=O)NC(=O)c2ccc(N3CCN(Cc4ccccc4-c4ccc(Cl)cc4)CC3)cc2Oc2ccccc2)ccc1NCC1=CCOC=C1. The van der Waals surface area contributed by atoms with Gasteiger partial charge in [-0.2, -0.15) is 0 Å². The van der Waals surface area contributed by atoms with E-state index in [-0.39, 0.29) is 16.2 Å². The molecule has 1 fully saturated rings. The van der Waals surface area contributed by atoms with Crippen molar-refractivity contribution in [3.8, 4) is 22.6 Å². The van der Waals surface area contributed by atoms with E-state index in [9.17, 15) is 13.2 Å². The molecule has 2 aliphatic heterocycles. The summed E-state index contributed by atoms with van der Waals surface area (Å²) >= 11 is 6.15. The number of amides is 1. The predicted octanol–water partition coefficient (Wildman–Crippen LogP) is 8.43. The zero-order valence-corrected chi connectivity index (χ0v) is 31.4. The number of hydrogen-bond acceptors (Lipinski definition) is 8. The Balaban J connectivity index is 1.04. The summed E-state index contributed by atoms with van der Waals surface area (Å²) in [5, 5.41) is 4.04. The molecule has 0 aromatic heterocycles. The Kier molecular flexibility index (Phi) is 11.3. The smallest absolute Gasteiger partial charge is 0.268 e. The van der Waals surface area contributed by atoms with Gasteiger partial charge in [0.15, 0.2) is 0 Å². The first-order chi connectivity index (χ1) is 26.2. The molecule has 54 heavy (non-hydrogen) atoms. The van der Waals surface area contributed by atoms with Gasteiger partial charge in [-0.15, -0.1) is 0 Å². The minimum absolute atomic E-state index is 0.0140. The number of sulfonamides is 1. The summed E-state index contributed by atoms with van der Waals surface area (Å²) in [7, 11) is -4.20. The lowest BCUT2D eigenvalue weighted by atomic mass is 9.99. The Bertz CT molecular complexity index is 2290. The van der Waals surface area contributed by atoms with E-state index >= 15 is 0 Å². The number of carbonyl (C=O) groups is 1. The van der Waals surface area contributed by atoms with Crippen LogP contribution in [0.25, 0.3) is 11.1 Å².